The number of carbonyl (C=O) groups excluding carboxylic acids is 3. The van der Waals surface area contributed by atoms with Gasteiger partial charge in [-0.25, -0.2) is 14.6 Å². The minimum absolute atomic E-state index is 0.0468. The number of nitrogens with zero attached hydrogens (tertiary/aromatic N) is 4. The summed E-state index contributed by atoms with van der Waals surface area (Å²) < 4.78 is 47.2. The van der Waals surface area contributed by atoms with E-state index < -0.39 is 36.0 Å². The van der Waals surface area contributed by atoms with Crippen LogP contribution in [0.4, 0.5) is 28.4 Å². The molecule has 3 aliphatic rings. The van der Waals surface area contributed by atoms with Crippen molar-refractivity contribution in [2.24, 2.45) is 16.6 Å². The van der Waals surface area contributed by atoms with Crippen molar-refractivity contribution < 1.29 is 32.3 Å². The van der Waals surface area contributed by atoms with Gasteiger partial charge in [0.05, 0.1) is 30.1 Å². The fourth-order valence-electron chi connectivity index (χ4n) is 5.40. The first-order valence-electron chi connectivity index (χ1n) is 13.3. The second kappa shape index (κ2) is 11.0. The molecule has 1 aromatic heterocycles. The average molecular weight is 574 g/mol. The van der Waals surface area contributed by atoms with Crippen molar-refractivity contribution in [1.29, 1.82) is 0 Å². The highest BCUT2D eigenvalue weighted by atomic mass is 19.4. The number of urea groups is 2. The van der Waals surface area contributed by atoms with Crippen molar-refractivity contribution in [2.45, 2.75) is 50.6 Å². The van der Waals surface area contributed by atoms with Crippen LogP contribution in [0.5, 0.6) is 0 Å². The monoisotopic (exact) mass is 573 g/mol. The molecular formula is C27H30F3N7O4. The summed E-state index contributed by atoms with van der Waals surface area (Å²) >= 11 is 0. The lowest BCUT2D eigenvalue weighted by Crippen LogP contribution is -2.66. The quantitative estimate of drug-likeness (QED) is 0.421. The minimum Gasteiger partial charge on any atom is -0.383 e. The first kappa shape index (κ1) is 28.3. The van der Waals surface area contributed by atoms with Crippen molar-refractivity contribution >= 4 is 29.5 Å². The van der Waals surface area contributed by atoms with Crippen LogP contribution < -0.4 is 21.3 Å². The van der Waals surface area contributed by atoms with E-state index in [4.69, 9.17) is 10.5 Å². The predicted octanol–water partition coefficient (Wildman–Crippen LogP) is 3.08. The van der Waals surface area contributed by atoms with Crippen molar-refractivity contribution in [2.75, 3.05) is 25.2 Å². The number of nitrogens with two attached hydrogens (primary N) is 1. The molecule has 0 radical (unpaired) electrons. The third-order valence-electron chi connectivity index (χ3n) is 7.50. The Labute approximate surface area is 233 Å². The van der Waals surface area contributed by atoms with Gasteiger partial charge in [0.1, 0.15) is 11.9 Å². The molecule has 1 saturated carbocycles. The smallest absolute Gasteiger partial charge is 0.383 e. The van der Waals surface area contributed by atoms with E-state index in [2.05, 4.69) is 20.6 Å². The molecule has 3 unspecified atom stereocenters. The fraction of sp³-hybridized carbons (Fsp3) is 0.444. The van der Waals surface area contributed by atoms with Crippen LogP contribution in [0.15, 0.2) is 41.5 Å². The van der Waals surface area contributed by atoms with Crippen molar-refractivity contribution in [3.8, 4) is 11.3 Å². The first-order chi connectivity index (χ1) is 19.5. The van der Waals surface area contributed by atoms with Crippen LogP contribution in [-0.4, -0.2) is 72.2 Å². The van der Waals surface area contributed by atoms with Gasteiger partial charge < -0.3 is 21.1 Å². The number of fused-ring (bicyclic) bond motifs is 1. The highest BCUT2D eigenvalue weighted by molar-refractivity contribution is 6.08. The Kier molecular flexibility index (Phi) is 7.60. The number of hydrogen-bond donors (Lipinski definition) is 3. The number of aromatic nitrogens is 1. The number of ether oxygens (including phenoxy) is 1. The van der Waals surface area contributed by atoms with Crippen LogP contribution in [0, 0.1) is 5.92 Å². The zero-order valence-electron chi connectivity index (χ0n) is 22.4. The van der Waals surface area contributed by atoms with E-state index in [0.717, 1.165) is 23.8 Å². The summed E-state index contributed by atoms with van der Waals surface area (Å²) in [5.74, 6) is 0.207. The van der Waals surface area contributed by atoms with Gasteiger partial charge in [0.2, 0.25) is 0 Å². The van der Waals surface area contributed by atoms with Crippen LogP contribution in [-0.2, 0) is 15.7 Å². The van der Waals surface area contributed by atoms with E-state index in [-0.39, 0.29) is 47.9 Å². The van der Waals surface area contributed by atoms with Gasteiger partial charge in [0.15, 0.2) is 6.17 Å². The molecular weight excluding hydrogens is 543 g/mol. The number of nitrogens with one attached hydrogen (secondary N) is 2. The normalized spacial score (nSPS) is 21.1. The number of imide groups is 1. The summed E-state index contributed by atoms with van der Waals surface area (Å²) in [7, 11) is 1.40. The molecule has 11 nitrogen and oxygen atoms in total. The first-order valence-corrected chi connectivity index (χ1v) is 13.3. The number of hydrogen-bond acceptors (Lipinski definition) is 7. The van der Waals surface area contributed by atoms with E-state index in [1.165, 1.54) is 42.5 Å². The summed E-state index contributed by atoms with van der Waals surface area (Å²) in [6, 6.07) is 3.92. The van der Waals surface area contributed by atoms with E-state index in [1.54, 1.807) is 0 Å². The Morgan fingerprint density at radius 1 is 1.22 bits per heavy atom. The maximum absolute atomic E-state index is 14.1. The number of alkyl halides is 3. The Bertz CT molecular complexity index is 1380. The fourth-order valence-corrected chi connectivity index (χ4v) is 5.40. The predicted molar refractivity (Wildman–Crippen MR) is 143 cm³/mol. The molecule has 4 N–H and O–H groups in total. The lowest BCUT2D eigenvalue weighted by molar-refractivity contribution is -0.137. The molecule has 5 rings (SSSR count). The molecule has 1 aliphatic carbocycles. The summed E-state index contributed by atoms with van der Waals surface area (Å²) in [6.45, 7) is 1.92. The van der Waals surface area contributed by atoms with Crippen molar-refractivity contribution in [1.82, 2.24) is 20.5 Å². The van der Waals surface area contributed by atoms with Crippen LogP contribution in [0.1, 0.15) is 37.3 Å². The van der Waals surface area contributed by atoms with Crippen LogP contribution in [0.3, 0.4) is 0 Å². The molecule has 14 heteroatoms. The average Bonchev–Trinajstić information content (AvgIpc) is 3.68. The van der Waals surface area contributed by atoms with E-state index in [1.807, 2.05) is 6.92 Å². The van der Waals surface area contributed by atoms with Crippen molar-refractivity contribution in [3.05, 3.63) is 47.7 Å². The molecule has 2 fully saturated rings. The van der Waals surface area contributed by atoms with Gasteiger partial charge in [-0.05, 0) is 49.4 Å². The molecule has 3 heterocycles. The third kappa shape index (κ3) is 5.43. The molecule has 0 spiro atoms. The summed E-state index contributed by atoms with van der Waals surface area (Å²) in [5, 5.41) is 5.83. The van der Waals surface area contributed by atoms with Crippen LogP contribution >= 0.6 is 0 Å². The molecule has 1 aromatic carbocycles. The Morgan fingerprint density at radius 3 is 2.56 bits per heavy atom. The summed E-state index contributed by atoms with van der Waals surface area (Å²) in [4.78, 5) is 49.3. The molecule has 218 valence electrons. The number of amidine groups is 1. The van der Waals surface area contributed by atoms with E-state index in [9.17, 15) is 27.6 Å². The largest absolute Gasteiger partial charge is 0.417 e. The number of primary amides is 1. The van der Waals surface area contributed by atoms with Gasteiger partial charge in [-0.15, -0.1) is 0 Å². The van der Waals surface area contributed by atoms with Crippen molar-refractivity contribution in [3.63, 3.8) is 0 Å². The second-order valence-electron chi connectivity index (χ2n) is 10.1. The van der Waals surface area contributed by atoms with Gasteiger partial charge in [-0.1, -0.05) is 13.0 Å². The molecule has 1 saturated heterocycles. The molecule has 5 amide bonds. The van der Waals surface area contributed by atoms with Gasteiger partial charge >= 0.3 is 18.2 Å². The number of rotatable bonds is 9. The molecule has 41 heavy (non-hydrogen) atoms. The van der Waals surface area contributed by atoms with Gasteiger partial charge in [0.25, 0.3) is 5.91 Å². The number of benzene rings is 1. The lowest BCUT2D eigenvalue weighted by atomic mass is 9.99. The SMILES string of the molecule is CCC(C1CC1)N1C(=O)NC2N=C(c3ccc(-c4c(N(CCOC)C(N)=O)cccc4C(F)(F)F)nc3)NC2C1=O. The maximum Gasteiger partial charge on any atom is 0.417 e. The standard InChI is InChI=1S/C27H30F3N7O4/c1-3-18(14-7-8-14)37-24(38)21-23(35-26(37)40)34-22(33-21)15-9-10-17(32-13-15)20-16(27(28,29)30)5-4-6-19(20)36(25(31)39)11-12-41-2/h4-6,9-10,13-14,18,21,23H,3,7-8,11-12H2,1-2H3,(H2,31,39)(H,33,34)(H,35,40). The lowest BCUT2D eigenvalue weighted by Gasteiger charge is -2.37. The number of aliphatic imine (C=N–C) groups is 1. The number of methoxy groups -OCH3 is 1. The topological polar surface area (TPSA) is 142 Å². The Balaban J connectivity index is 1.44. The molecule has 0 bridgehead atoms. The summed E-state index contributed by atoms with van der Waals surface area (Å²) in [6.07, 6.45) is -1.65. The number of carbonyl (C=O) groups is 3. The Morgan fingerprint density at radius 2 is 1.98 bits per heavy atom. The van der Waals surface area contributed by atoms with Gasteiger partial charge in [0, 0.05) is 30.5 Å². The zero-order chi connectivity index (χ0) is 29.5. The molecule has 3 atom stereocenters. The zero-order valence-corrected chi connectivity index (χ0v) is 22.4. The van der Waals surface area contributed by atoms with Crippen LogP contribution in [0.2, 0.25) is 0 Å². The highest BCUT2D eigenvalue weighted by Gasteiger charge is 2.49. The minimum atomic E-state index is -4.75. The number of pyridine rings is 1. The Hall–Kier alpha value is -4.20. The van der Waals surface area contributed by atoms with E-state index in [0.29, 0.717) is 17.9 Å². The summed E-state index contributed by atoms with van der Waals surface area (Å²) in [5.41, 5.74) is 4.48. The van der Waals surface area contributed by atoms with E-state index >= 15 is 0 Å². The second-order valence-corrected chi connectivity index (χ2v) is 10.1. The molecule has 2 aromatic rings. The maximum atomic E-state index is 14.1. The van der Waals surface area contributed by atoms with Crippen LogP contribution in [0.25, 0.3) is 11.3 Å². The number of anilines is 1. The number of amides is 5. The third-order valence-corrected chi connectivity index (χ3v) is 7.50. The molecule has 2 aliphatic heterocycles. The highest BCUT2D eigenvalue weighted by Crippen LogP contribution is 2.42. The van der Waals surface area contributed by atoms with Gasteiger partial charge in [-0.2, -0.15) is 13.2 Å². The van der Waals surface area contributed by atoms with Gasteiger partial charge in [-0.3, -0.25) is 19.6 Å². The number of halogens is 3.